The summed E-state index contributed by atoms with van der Waals surface area (Å²) in [5.74, 6) is 0.737. The van der Waals surface area contributed by atoms with Crippen LogP contribution in [0.3, 0.4) is 0 Å². The third kappa shape index (κ3) is 2.51. The highest BCUT2D eigenvalue weighted by Crippen LogP contribution is 2.07. The maximum Gasteiger partial charge on any atom is 0.314 e. The number of likely N-dealkylation sites (tertiary alicyclic amines) is 1. The Kier molecular flexibility index (Phi) is 3.55. The fourth-order valence-corrected chi connectivity index (χ4v) is 1.52. The van der Waals surface area contributed by atoms with Gasteiger partial charge in [-0.05, 0) is 6.42 Å². The van der Waals surface area contributed by atoms with E-state index in [9.17, 15) is 4.79 Å². The molecule has 1 atom stereocenters. The van der Waals surface area contributed by atoms with Crippen molar-refractivity contribution in [3.8, 4) is 0 Å². The lowest BCUT2D eigenvalue weighted by Gasteiger charge is -2.16. The number of urea groups is 1. The molecule has 0 aromatic carbocycles. The molecule has 0 saturated carbocycles. The molecule has 1 aliphatic rings. The van der Waals surface area contributed by atoms with Crippen molar-refractivity contribution in [1.29, 1.82) is 0 Å². The van der Waals surface area contributed by atoms with E-state index in [0.29, 0.717) is 13.1 Å². The third-order valence-corrected chi connectivity index (χ3v) is 2.30. The van der Waals surface area contributed by atoms with E-state index in [1.165, 1.54) is 0 Å². The maximum atomic E-state index is 10.8. The van der Waals surface area contributed by atoms with Gasteiger partial charge in [-0.1, -0.05) is 0 Å². The van der Waals surface area contributed by atoms with E-state index >= 15 is 0 Å². The number of rotatable bonds is 1. The van der Waals surface area contributed by atoms with Gasteiger partial charge in [-0.2, -0.15) is 0 Å². The summed E-state index contributed by atoms with van der Waals surface area (Å²) in [5.41, 5.74) is 5.17. The number of hydrogen-bond donors (Lipinski definition) is 3. The van der Waals surface area contributed by atoms with Gasteiger partial charge in [0.05, 0.1) is 0 Å². The van der Waals surface area contributed by atoms with Gasteiger partial charge in [0.1, 0.15) is 0 Å². The van der Waals surface area contributed by atoms with Crippen LogP contribution in [0.4, 0.5) is 4.79 Å². The van der Waals surface area contributed by atoms with E-state index in [2.05, 4.69) is 15.6 Å². The van der Waals surface area contributed by atoms with Crippen molar-refractivity contribution < 1.29 is 4.79 Å². The Labute approximate surface area is 83.5 Å². The molecule has 1 saturated heterocycles. The number of guanidine groups is 1. The first kappa shape index (κ1) is 10.6. The molecule has 14 heavy (non-hydrogen) atoms. The van der Waals surface area contributed by atoms with Gasteiger partial charge in [0.2, 0.25) is 0 Å². The van der Waals surface area contributed by atoms with Crippen molar-refractivity contribution in [2.24, 2.45) is 10.7 Å². The highest BCUT2D eigenvalue weighted by molar-refractivity contribution is 5.80. The average Bonchev–Trinajstić information content (AvgIpc) is 2.62. The van der Waals surface area contributed by atoms with Crippen LogP contribution in [0.2, 0.25) is 0 Å². The van der Waals surface area contributed by atoms with Crippen molar-refractivity contribution in [1.82, 2.24) is 15.5 Å². The number of primary amides is 1. The normalized spacial score (nSPS) is 22.3. The van der Waals surface area contributed by atoms with Crippen LogP contribution in [0.15, 0.2) is 4.99 Å². The first-order chi connectivity index (χ1) is 6.67. The second-order valence-corrected chi connectivity index (χ2v) is 3.24. The molecule has 1 fully saturated rings. The van der Waals surface area contributed by atoms with Crippen molar-refractivity contribution >= 4 is 12.0 Å². The van der Waals surface area contributed by atoms with Crippen LogP contribution in [-0.2, 0) is 0 Å². The number of aliphatic imine (C=N–C) groups is 1. The third-order valence-electron chi connectivity index (χ3n) is 2.30. The van der Waals surface area contributed by atoms with E-state index in [0.717, 1.165) is 12.4 Å². The van der Waals surface area contributed by atoms with Crippen LogP contribution in [-0.4, -0.2) is 50.1 Å². The predicted octanol–water partition coefficient (Wildman–Crippen LogP) is -1.07. The molecule has 0 bridgehead atoms. The summed E-state index contributed by atoms with van der Waals surface area (Å²) < 4.78 is 0. The zero-order valence-electron chi connectivity index (χ0n) is 8.58. The number of nitrogens with zero attached hydrogens (tertiary/aromatic N) is 2. The highest BCUT2D eigenvalue weighted by atomic mass is 16.2. The molecule has 1 rings (SSSR count). The van der Waals surface area contributed by atoms with Crippen LogP contribution >= 0.6 is 0 Å². The summed E-state index contributed by atoms with van der Waals surface area (Å²) in [4.78, 5) is 16.5. The molecular weight excluding hydrogens is 182 g/mol. The lowest BCUT2D eigenvalue weighted by molar-refractivity contribution is 0.217. The molecule has 0 aromatic rings. The molecule has 2 amide bonds. The minimum atomic E-state index is -0.353. The molecule has 0 radical (unpaired) electrons. The highest BCUT2D eigenvalue weighted by Gasteiger charge is 2.24. The number of hydrogen-bond acceptors (Lipinski definition) is 2. The number of nitrogens with one attached hydrogen (secondary N) is 2. The Morgan fingerprint density at radius 2 is 2.36 bits per heavy atom. The van der Waals surface area contributed by atoms with E-state index < -0.39 is 0 Å². The number of carbonyl (C=O) groups excluding carboxylic acids is 1. The fourth-order valence-electron chi connectivity index (χ4n) is 1.52. The summed E-state index contributed by atoms with van der Waals surface area (Å²) in [6, 6.07) is -0.109. The molecule has 1 heterocycles. The van der Waals surface area contributed by atoms with Crippen LogP contribution in [0.1, 0.15) is 6.42 Å². The van der Waals surface area contributed by atoms with Crippen molar-refractivity contribution in [2.75, 3.05) is 27.2 Å². The molecule has 6 heteroatoms. The van der Waals surface area contributed by atoms with Crippen molar-refractivity contribution in [3.63, 3.8) is 0 Å². The number of amides is 2. The molecule has 4 N–H and O–H groups in total. The Bertz CT molecular complexity index is 240. The molecule has 1 aliphatic heterocycles. The Morgan fingerprint density at radius 1 is 1.64 bits per heavy atom. The SMILES string of the molecule is CN=C(NC)NC1CCN(C(N)=O)C1. The quantitative estimate of drug-likeness (QED) is 0.371. The smallest absolute Gasteiger partial charge is 0.314 e. The standard InChI is InChI=1S/C8H17N5O/c1-10-8(11-2)12-6-3-4-13(5-6)7(9)14/h6H,3-5H2,1-2H3,(H2,9,14)(H2,10,11,12). The molecule has 1 unspecified atom stereocenters. The van der Waals surface area contributed by atoms with Crippen LogP contribution in [0, 0.1) is 0 Å². The van der Waals surface area contributed by atoms with Gasteiger partial charge in [0.15, 0.2) is 5.96 Å². The van der Waals surface area contributed by atoms with E-state index in [1.807, 2.05) is 0 Å². The monoisotopic (exact) mass is 199 g/mol. The second kappa shape index (κ2) is 4.69. The first-order valence-corrected chi connectivity index (χ1v) is 4.62. The van der Waals surface area contributed by atoms with Crippen LogP contribution in [0.25, 0.3) is 0 Å². The summed E-state index contributed by atoms with van der Waals surface area (Å²) in [5, 5.41) is 6.12. The molecule has 80 valence electrons. The van der Waals surface area contributed by atoms with Crippen LogP contribution in [0.5, 0.6) is 0 Å². The van der Waals surface area contributed by atoms with Gasteiger partial charge in [-0.3, -0.25) is 4.99 Å². The summed E-state index contributed by atoms with van der Waals surface area (Å²) in [7, 11) is 3.51. The zero-order chi connectivity index (χ0) is 10.6. The molecule has 0 aromatic heterocycles. The topological polar surface area (TPSA) is 82.8 Å². The zero-order valence-corrected chi connectivity index (χ0v) is 8.58. The lowest BCUT2D eigenvalue weighted by Crippen LogP contribution is -2.44. The Hall–Kier alpha value is -1.46. The molecule has 6 nitrogen and oxygen atoms in total. The first-order valence-electron chi connectivity index (χ1n) is 4.62. The molecule has 0 spiro atoms. The van der Waals surface area contributed by atoms with Gasteiger partial charge >= 0.3 is 6.03 Å². The minimum absolute atomic E-state index is 0.244. The fraction of sp³-hybridized carbons (Fsp3) is 0.750. The van der Waals surface area contributed by atoms with Gasteiger partial charge in [-0.25, -0.2) is 4.79 Å². The van der Waals surface area contributed by atoms with E-state index in [-0.39, 0.29) is 12.1 Å². The van der Waals surface area contributed by atoms with Gasteiger partial charge in [0, 0.05) is 33.2 Å². The van der Waals surface area contributed by atoms with E-state index in [4.69, 9.17) is 5.73 Å². The van der Waals surface area contributed by atoms with Gasteiger partial charge in [0.25, 0.3) is 0 Å². The van der Waals surface area contributed by atoms with Crippen molar-refractivity contribution in [2.45, 2.75) is 12.5 Å². The van der Waals surface area contributed by atoms with Gasteiger partial charge in [-0.15, -0.1) is 0 Å². The second-order valence-electron chi connectivity index (χ2n) is 3.24. The number of carbonyl (C=O) groups is 1. The average molecular weight is 199 g/mol. The largest absolute Gasteiger partial charge is 0.359 e. The molecule has 0 aliphatic carbocycles. The summed E-state index contributed by atoms with van der Waals surface area (Å²) in [6.45, 7) is 1.36. The Balaban J connectivity index is 2.39. The van der Waals surface area contributed by atoms with Crippen molar-refractivity contribution in [3.05, 3.63) is 0 Å². The van der Waals surface area contributed by atoms with Crippen LogP contribution < -0.4 is 16.4 Å². The minimum Gasteiger partial charge on any atom is -0.359 e. The number of nitrogens with two attached hydrogens (primary N) is 1. The lowest BCUT2D eigenvalue weighted by atomic mass is 10.3. The predicted molar refractivity (Wildman–Crippen MR) is 55.1 cm³/mol. The summed E-state index contributed by atoms with van der Waals surface area (Å²) in [6.07, 6.45) is 0.906. The Morgan fingerprint density at radius 3 is 2.79 bits per heavy atom. The molecular formula is C8H17N5O. The summed E-state index contributed by atoms with van der Waals surface area (Å²) >= 11 is 0. The maximum absolute atomic E-state index is 10.8. The van der Waals surface area contributed by atoms with E-state index in [1.54, 1.807) is 19.0 Å². The van der Waals surface area contributed by atoms with Gasteiger partial charge < -0.3 is 21.3 Å².